The molecule has 21 heavy (non-hydrogen) atoms. The lowest BCUT2D eigenvalue weighted by molar-refractivity contribution is -0.137. The maximum Gasteiger partial charge on any atom is 0.419 e. The van der Waals surface area contributed by atoms with Crippen LogP contribution in [0.15, 0.2) is 6.07 Å². The van der Waals surface area contributed by atoms with E-state index >= 15 is 0 Å². The molecule has 1 saturated heterocycles. The monoisotopic (exact) mass is 341 g/mol. The topological polar surface area (TPSA) is 59.2 Å². The van der Waals surface area contributed by atoms with Crippen molar-refractivity contribution >= 4 is 34.9 Å². The van der Waals surface area contributed by atoms with E-state index < -0.39 is 28.7 Å². The molecule has 0 spiro atoms. The van der Waals surface area contributed by atoms with Crippen LogP contribution in [0.25, 0.3) is 0 Å². The van der Waals surface area contributed by atoms with Crippen LogP contribution in [-0.4, -0.2) is 24.0 Å². The number of hydrogen-bond donors (Lipinski definition) is 1. The SMILES string of the molecule is C[C@@H]1CN(c2nc(Cl)c(C(F)(F)F)cc2Cl)C[C@H]1C(N)=O. The fourth-order valence-electron chi connectivity index (χ4n) is 2.39. The summed E-state index contributed by atoms with van der Waals surface area (Å²) in [5.41, 5.74) is 4.20. The molecular formula is C12H12Cl2F3N3O. The second-order valence-electron chi connectivity index (χ2n) is 5.02. The Hall–Kier alpha value is -1.21. The number of anilines is 1. The first-order valence-electron chi connectivity index (χ1n) is 6.08. The average Bonchev–Trinajstić information content (AvgIpc) is 2.72. The molecule has 0 aromatic carbocycles. The lowest BCUT2D eigenvalue weighted by Crippen LogP contribution is -2.29. The summed E-state index contributed by atoms with van der Waals surface area (Å²) in [7, 11) is 0. The predicted molar refractivity (Wildman–Crippen MR) is 73.3 cm³/mol. The summed E-state index contributed by atoms with van der Waals surface area (Å²) in [6, 6.07) is 0.745. The number of nitrogens with two attached hydrogens (primary N) is 1. The summed E-state index contributed by atoms with van der Waals surface area (Å²) >= 11 is 11.5. The standard InChI is InChI=1S/C12H12Cl2F3N3O/c1-5-3-20(4-6(5)10(18)21)11-8(13)2-7(9(14)19-11)12(15,16)17/h2,5-6H,3-4H2,1H3,(H2,18,21)/t5-,6-/m1/s1. The molecule has 1 fully saturated rings. The predicted octanol–water partition coefficient (Wildman–Crippen LogP) is 2.96. The van der Waals surface area contributed by atoms with Gasteiger partial charge in [-0.05, 0) is 12.0 Å². The molecule has 0 unspecified atom stereocenters. The summed E-state index contributed by atoms with van der Waals surface area (Å²) in [4.78, 5) is 16.6. The molecule has 2 rings (SSSR count). The van der Waals surface area contributed by atoms with Gasteiger partial charge in [0.2, 0.25) is 5.91 Å². The smallest absolute Gasteiger partial charge is 0.369 e. The van der Waals surface area contributed by atoms with Gasteiger partial charge in [0.15, 0.2) is 0 Å². The summed E-state index contributed by atoms with van der Waals surface area (Å²) in [6.45, 7) is 2.50. The van der Waals surface area contributed by atoms with E-state index in [2.05, 4.69) is 4.98 Å². The molecule has 0 bridgehead atoms. The molecule has 1 amide bonds. The highest BCUT2D eigenvalue weighted by molar-refractivity contribution is 6.34. The molecule has 9 heteroatoms. The molecule has 2 atom stereocenters. The van der Waals surface area contributed by atoms with Gasteiger partial charge in [-0.1, -0.05) is 30.1 Å². The second-order valence-corrected chi connectivity index (χ2v) is 5.79. The molecule has 0 saturated carbocycles. The van der Waals surface area contributed by atoms with Gasteiger partial charge in [0.25, 0.3) is 0 Å². The fraction of sp³-hybridized carbons (Fsp3) is 0.500. The first-order valence-corrected chi connectivity index (χ1v) is 6.84. The first-order chi connectivity index (χ1) is 9.61. The van der Waals surface area contributed by atoms with E-state index in [0.29, 0.717) is 6.54 Å². The van der Waals surface area contributed by atoms with E-state index in [1.54, 1.807) is 4.90 Å². The number of halogens is 5. The van der Waals surface area contributed by atoms with E-state index in [9.17, 15) is 18.0 Å². The zero-order valence-corrected chi connectivity index (χ0v) is 12.4. The maximum absolute atomic E-state index is 12.7. The van der Waals surface area contributed by atoms with Crippen molar-refractivity contribution in [3.63, 3.8) is 0 Å². The van der Waals surface area contributed by atoms with E-state index in [0.717, 1.165) is 6.07 Å². The first kappa shape index (κ1) is 16.2. The van der Waals surface area contributed by atoms with Gasteiger partial charge in [-0.3, -0.25) is 4.79 Å². The van der Waals surface area contributed by atoms with E-state index in [1.807, 2.05) is 6.92 Å². The van der Waals surface area contributed by atoms with Crippen molar-refractivity contribution in [1.29, 1.82) is 0 Å². The Bertz CT molecular complexity index is 580. The molecule has 2 N–H and O–H groups in total. The fourth-order valence-corrected chi connectivity index (χ4v) is 2.90. The Balaban J connectivity index is 2.35. The third kappa shape index (κ3) is 3.18. The number of carbonyl (C=O) groups is 1. The van der Waals surface area contributed by atoms with Crippen LogP contribution in [0.5, 0.6) is 0 Å². The van der Waals surface area contributed by atoms with Crippen molar-refractivity contribution in [3.8, 4) is 0 Å². The molecule has 1 aromatic rings. The number of nitrogens with zero attached hydrogens (tertiary/aromatic N) is 2. The molecule has 1 aliphatic rings. The van der Waals surface area contributed by atoms with Gasteiger partial charge < -0.3 is 10.6 Å². The van der Waals surface area contributed by atoms with E-state index in [1.165, 1.54) is 0 Å². The highest BCUT2D eigenvalue weighted by Crippen LogP contribution is 2.39. The van der Waals surface area contributed by atoms with Crippen molar-refractivity contribution in [2.24, 2.45) is 17.6 Å². The van der Waals surface area contributed by atoms with Crippen molar-refractivity contribution in [2.45, 2.75) is 13.1 Å². The number of hydrogen-bond acceptors (Lipinski definition) is 3. The lowest BCUT2D eigenvalue weighted by Gasteiger charge is -2.20. The third-order valence-electron chi connectivity index (χ3n) is 3.49. The highest BCUT2D eigenvalue weighted by atomic mass is 35.5. The number of alkyl halides is 3. The van der Waals surface area contributed by atoms with Gasteiger partial charge in [-0.25, -0.2) is 4.98 Å². The second kappa shape index (κ2) is 5.53. The molecule has 116 valence electrons. The molecule has 0 aliphatic carbocycles. The summed E-state index contributed by atoms with van der Waals surface area (Å²) < 4.78 is 38.1. The minimum absolute atomic E-state index is 0.0403. The minimum atomic E-state index is -4.62. The molecule has 4 nitrogen and oxygen atoms in total. The van der Waals surface area contributed by atoms with Crippen LogP contribution in [-0.2, 0) is 11.0 Å². The number of pyridine rings is 1. The average molecular weight is 342 g/mol. The number of primary amides is 1. The quantitative estimate of drug-likeness (QED) is 0.841. The highest BCUT2D eigenvalue weighted by Gasteiger charge is 2.38. The Morgan fingerprint density at radius 3 is 2.52 bits per heavy atom. The number of amides is 1. The Morgan fingerprint density at radius 2 is 2.05 bits per heavy atom. The number of rotatable bonds is 2. The Morgan fingerprint density at radius 1 is 1.43 bits per heavy atom. The van der Waals surface area contributed by atoms with Gasteiger partial charge in [0, 0.05) is 13.1 Å². The van der Waals surface area contributed by atoms with Gasteiger partial charge in [-0.15, -0.1) is 0 Å². The largest absolute Gasteiger partial charge is 0.419 e. The van der Waals surface area contributed by atoms with Crippen molar-refractivity contribution < 1.29 is 18.0 Å². The summed E-state index contributed by atoms with van der Waals surface area (Å²) in [5.74, 6) is -0.769. The summed E-state index contributed by atoms with van der Waals surface area (Å²) in [6.07, 6.45) is -4.62. The van der Waals surface area contributed by atoms with Crippen LogP contribution in [0, 0.1) is 11.8 Å². The number of aromatic nitrogens is 1. The van der Waals surface area contributed by atoms with Gasteiger partial charge >= 0.3 is 6.18 Å². The van der Waals surface area contributed by atoms with E-state index in [-0.39, 0.29) is 23.3 Å². The van der Waals surface area contributed by atoms with Crippen molar-refractivity contribution in [3.05, 3.63) is 21.8 Å². The van der Waals surface area contributed by atoms with Crippen LogP contribution >= 0.6 is 23.2 Å². The van der Waals surface area contributed by atoms with Gasteiger partial charge in [0.1, 0.15) is 11.0 Å². The Labute approximate surface area is 129 Å². The zero-order chi connectivity index (χ0) is 15.9. The van der Waals surface area contributed by atoms with Crippen molar-refractivity contribution in [2.75, 3.05) is 18.0 Å². The molecule has 1 aliphatic heterocycles. The van der Waals surface area contributed by atoms with Crippen LogP contribution in [0.3, 0.4) is 0 Å². The Kier molecular flexibility index (Phi) is 4.26. The molecule has 1 aromatic heterocycles. The van der Waals surface area contributed by atoms with E-state index in [4.69, 9.17) is 28.9 Å². The van der Waals surface area contributed by atoms with Crippen LogP contribution < -0.4 is 10.6 Å². The van der Waals surface area contributed by atoms with Gasteiger partial charge in [0.05, 0.1) is 16.5 Å². The number of carbonyl (C=O) groups excluding carboxylic acids is 1. The zero-order valence-electron chi connectivity index (χ0n) is 10.9. The molecule has 0 radical (unpaired) electrons. The van der Waals surface area contributed by atoms with Gasteiger partial charge in [-0.2, -0.15) is 13.2 Å². The molecule has 2 heterocycles. The third-order valence-corrected chi connectivity index (χ3v) is 4.06. The lowest BCUT2D eigenvalue weighted by atomic mass is 9.98. The summed E-state index contributed by atoms with van der Waals surface area (Å²) in [5, 5.41) is -0.832. The van der Waals surface area contributed by atoms with Crippen LogP contribution in [0.1, 0.15) is 12.5 Å². The maximum atomic E-state index is 12.7. The molecular weight excluding hydrogens is 330 g/mol. The normalized spacial score (nSPS) is 22.7. The van der Waals surface area contributed by atoms with Crippen molar-refractivity contribution in [1.82, 2.24) is 4.98 Å². The van der Waals surface area contributed by atoms with Crippen LogP contribution in [0.2, 0.25) is 10.2 Å². The van der Waals surface area contributed by atoms with Crippen LogP contribution in [0.4, 0.5) is 19.0 Å². The minimum Gasteiger partial charge on any atom is -0.369 e.